The summed E-state index contributed by atoms with van der Waals surface area (Å²) in [5, 5.41) is 2.45. The molecule has 0 aromatic heterocycles. The van der Waals surface area contributed by atoms with Crippen LogP contribution in [0, 0.1) is 5.82 Å². The first-order valence-electron chi connectivity index (χ1n) is 5.42. The average molecular weight is 295 g/mol. The van der Waals surface area contributed by atoms with E-state index in [4.69, 9.17) is 0 Å². The van der Waals surface area contributed by atoms with E-state index in [1.807, 2.05) is 6.26 Å². The van der Waals surface area contributed by atoms with Crippen LogP contribution >= 0.6 is 11.8 Å². The maximum atomic E-state index is 13.4. The van der Waals surface area contributed by atoms with Crippen LogP contribution in [-0.4, -0.2) is 24.0 Å². The maximum absolute atomic E-state index is 13.4. The number of hydrogen-bond acceptors (Lipinski definition) is 2. The van der Waals surface area contributed by atoms with E-state index in [2.05, 4.69) is 5.32 Å². The highest BCUT2D eigenvalue weighted by Crippen LogP contribution is 2.30. The molecule has 106 valence electrons. The zero-order valence-electron chi connectivity index (χ0n) is 10.3. The Kier molecular flexibility index (Phi) is 5.22. The summed E-state index contributed by atoms with van der Waals surface area (Å²) in [5.41, 5.74) is -1.64. The lowest BCUT2D eigenvalue weighted by atomic mass is 10.1. The molecule has 0 aliphatic heterocycles. The smallest absolute Gasteiger partial charge is 0.349 e. The second kappa shape index (κ2) is 6.27. The van der Waals surface area contributed by atoms with E-state index in [1.54, 1.807) is 6.92 Å². The van der Waals surface area contributed by atoms with Gasteiger partial charge in [-0.2, -0.15) is 24.9 Å². The summed E-state index contributed by atoms with van der Waals surface area (Å²) in [5.74, 6) is -1.22. The van der Waals surface area contributed by atoms with Crippen LogP contribution in [0.1, 0.15) is 22.8 Å². The van der Waals surface area contributed by atoms with Crippen molar-refractivity contribution >= 4 is 17.7 Å². The normalized spacial score (nSPS) is 13.2. The Morgan fingerprint density at radius 1 is 1.42 bits per heavy atom. The molecule has 7 heteroatoms. The zero-order valence-corrected chi connectivity index (χ0v) is 11.2. The molecule has 2 nitrogen and oxygen atoms in total. The molecule has 1 rings (SSSR count). The standard InChI is InChI=1S/C12H13F4NOS/c1-7(6-19-2)17-11(18)9-5-8(12(14,15)16)3-4-10(9)13/h3-5,7H,6H2,1-2H3,(H,17,18). The minimum Gasteiger partial charge on any atom is -0.349 e. The molecule has 1 amide bonds. The van der Waals surface area contributed by atoms with Crippen LogP contribution in [-0.2, 0) is 6.18 Å². The molecule has 0 bridgehead atoms. The van der Waals surface area contributed by atoms with E-state index in [0.717, 1.165) is 0 Å². The monoisotopic (exact) mass is 295 g/mol. The van der Waals surface area contributed by atoms with Crippen molar-refractivity contribution < 1.29 is 22.4 Å². The fourth-order valence-corrected chi connectivity index (χ4v) is 2.05. The summed E-state index contributed by atoms with van der Waals surface area (Å²) >= 11 is 1.47. The van der Waals surface area contributed by atoms with Gasteiger partial charge in [0.2, 0.25) is 0 Å². The Balaban J connectivity index is 2.96. The number of rotatable bonds is 4. The van der Waals surface area contributed by atoms with Crippen molar-refractivity contribution in [2.24, 2.45) is 0 Å². The van der Waals surface area contributed by atoms with Crippen molar-refractivity contribution in [1.29, 1.82) is 0 Å². The number of hydrogen-bond donors (Lipinski definition) is 1. The molecule has 1 aromatic rings. The van der Waals surface area contributed by atoms with Crippen LogP contribution in [0.3, 0.4) is 0 Å². The Hall–Kier alpha value is -1.24. The first kappa shape index (κ1) is 15.8. The molecule has 1 N–H and O–H groups in total. The van der Waals surface area contributed by atoms with Gasteiger partial charge in [-0.1, -0.05) is 0 Å². The number of alkyl halides is 3. The summed E-state index contributed by atoms with van der Waals surface area (Å²) in [6.07, 6.45) is -2.78. The minimum atomic E-state index is -4.60. The van der Waals surface area contributed by atoms with Crippen molar-refractivity contribution in [1.82, 2.24) is 5.32 Å². The van der Waals surface area contributed by atoms with E-state index in [9.17, 15) is 22.4 Å². The summed E-state index contributed by atoms with van der Waals surface area (Å²) in [7, 11) is 0. The van der Waals surface area contributed by atoms with Gasteiger partial charge in [-0.3, -0.25) is 4.79 Å². The van der Waals surface area contributed by atoms with Crippen LogP contribution < -0.4 is 5.32 Å². The van der Waals surface area contributed by atoms with Crippen LogP contribution in [0.5, 0.6) is 0 Å². The van der Waals surface area contributed by atoms with Crippen LogP contribution in [0.2, 0.25) is 0 Å². The molecular weight excluding hydrogens is 282 g/mol. The highest BCUT2D eigenvalue weighted by molar-refractivity contribution is 7.98. The van der Waals surface area contributed by atoms with Gasteiger partial charge < -0.3 is 5.32 Å². The molecule has 1 atom stereocenters. The highest BCUT2D eigenvalue weighted by atomic mass is 32.2. The predicted molar refractivity (Wildman–Crippen MR) is 66.7 cm³/mol. The van der Waals surface area contributed by atoms with Gasteiger partial charge >= 0.3 is 6.18 Å². The molecule has 0 saturated carbocycles. The number of nitrogens with one attached hydrogen (secondary N) is 1. The van der Waals surface area contributed by atoms with E-state index < -0.39 is 29.0 Å². The number of benzene rings is 1. The lowest BCUT2D eigenvalue weighted by molar-refractivity contribution is -0.137. The average Bonchev–Trinajstić information content (AvgIpc) is 2.27. The number of halogens is 4. The summed E-state index contributed by atoms with van der Waals surface area (Å²) in [4.78, 5) is 11.7. The van der Waals surface area contributed by atoms with Crippen LogP contribution in [0.4, 0.5) is 17.6 Å². The number of carbonyl (C=O) groups excluding carboxylic acids is 1. The molecule has 1 aromatic carbocycles. The molecule has 0 fully saturated rings. The fourth-order valence-electron chi connectivity index (χ4n) is 1.47. The summed E-state index contributed by atoms with van der Waals surface area (Å²) < 4.78 is 50.9. The minimum absolute atomic E-state index is 0.253. The van der Waals surface area contributed by atoms with Crippen LogP contribution in [0.15, 0.2) is 18.2 Å². The van der Waals surface area contributed by atoms with Gasteiger partial charge in [-0.05, 0) is 31.4 Å². The number of amides is 1. The first-order valence-corrected chi connectivity index (χ1v) is 6.81. The highest BCUT2D eigenvalue weighted by Gasteiger charge is 2.32. The van der Waals surface area contributed by atoms with Gasteiger partial charge in [-0.25, -0.2) is 4.39 Å². The summed E-state index contributed by atoms with van der Waals surface area (Å²) in [6, 6.07) is 1.53. The van der Waals surface area contributed by atoms with E-state index in [1.165, 1.54) is 11.8 Å². The van der Waals surface area contributed by atoms with Gasteiger partial charge in [0, 0.05) is 11.8 Å². The van der Waals surface area contributed by atoms with Crippen molar-refractivity contribution in [3.05, 3.63) is 35.1 Å². The fraction of sp³-hybridized carbons (Fsp3) is 0.417. The first-order chi connectivity index (χ1) is 8.75. The van der Waals surface area contributed by atoms with Crippen molar-refractivity contribution in [3.63, 3.8) is 0 Å². The van der Waals surface area contributed by atoms with Crippen molar-refractivity contribution in [3.8, 4) is 0 Å². The molecule has 0 aliphatic rings. The zero-order chi connectivity index (χ0) is 14.6. The molecule has 1 unspecified atom stereocenters. The quantitative estimate of drug-likeness (QED) is 0.863. The molecule has 0 heterocycles. The van der Waals surface area contributed by atoms with E-state index in [0.29, 0.717) is 24.0 Å². The molecule has 0 spiro atoms. The maximum Gasteiger partial charge on any atom is 0.416 e. The Morgan fingerprint density at radius 3 is 2.58 bits per heavy atom. The van der Waals surface area contributed by atoms with Gasteiger partial charge in [0.15, 0.2) is 0 Å². The third-order valence-corrected chi connectivity index (χ3v) is 3.17. The number of carbonyl (C=O) groups is 1. The lowest BCUT2D eigenvalue weighted by Crippen LogP contribution is -2.34. The second-order valence-corrected chi connectivity index (χ2v) is 4.93. The second-order valence-electron chi connectivity index (χ2n) is 4.02. The third kappa shape index (κ3) is 4.41. The Morgan fingerprint density at radius 2 is 2.05 bits per heavy atom. The third-order valence-electron chi connectivity index (χ3n) is 2.33. The SMILES string of the molecule is CSCC(C)NC(=O)c1cc(C(F)(F)F)ccc1F. The summed E-state index contributed by atoms with van der Waals surface area (Å²) in [6.45, 7) is 1.69. The Labute approximate surface area is 112 Å². The Bertz CT molecular complexity index is 462. The number of thioether (sulfide) groups is 1. The van der Waals surface area contributed by atoms with Gasteiger partial charge in [0.25, 0.3) is 5.91 Å². The largest absolute Gasteiger partial charge is 0.416 e. The van der Waals surface area contributed by atoms with Crippen molar-refractivity contribution in [2.45, 2.75) is 19.1 Å². The molecule has 19 heavy (non-hydrogen) atoms. The molecule has 0 aliphatic carbocycles. The molecule has 0 saturated heterocycles. The van der Waals surface area contributed by atoms with Crippen LogP contribution in [0.25, 0.3) is 0 Å². The van der Waals surface area contributed by atoms with Gasteiger partial charge in [-0.15, -0.1) is 0 Å². The molecule has 0 radical (unpaired) electrons. The van der Waals surface area contributed by atoms with E-state index >= 15 is 0 Å². The molecular formula is C12H13F4NOS. The predicted octanol–water partition coefficient (Wildman–Crippen LogP) is 3.33. The van der Waals surface area contributed by atoms with E-state index in [-0.39, 0.29) is 6.04 Å². The van der Waals surface area contributed by atoms with Crippen molar-refractivity contribution in [2.75, 3.05) is 12.0 Å². The van der Waals surface area contributed by atoms with Gasteiger partial charge in [0.05, 0.1) is 11.1 Å². The lowest BCUT2D eigenvalue weighted by Gasteiger charge is -2.14. The van der Waals surface area contributed by atoms with Gasteiger partial charge in [0.1, 0.15) is 5.82 Å². The topological polar surface area (TPSA) is 29.1 Å².